The molecule has 1 aromatic carbocycles. The highest BCUT2D eigenvalue weighted by atomic mass is 16.3. The number of aliphatic hydroxyl groups excluding tert-OH is 1. The Morgan fingerprint density at radius 3 is 2.75 bits per heavy atom. The highest BCUT2D eigenvalue weighted by molar-refractivity contribution is 5.75. The third kappa shape index (κ3) is 3.92. The van der Waals surface area contributed by atoms with E-state index >= 15 is 0 Å². The van der Waals surface area contributed by atoms with Gasteiger partial charge in [-0.3, -0.25) is 4.98 Å². The molecule has 1 aliphatic rings. The molecule has 2 unspecified atom stereocenters. The number of hydrogen-bond acceptors (Lipinski definition) is 3. The topological polar surface area (TPSA) is 65.5 Å². The summed E-state index contributed by atoms with van der Waals surface area (Å²) < 4.78 is 0. The summed E-state index contributed by atoms with van der Waals surface area (Å²) in [5, 5.41) is 12.7. The Kier molecular flexibility index (Phi) is 5.11. The summed E-state index contributed by atoms with van der Waals surface area (Å²) in [7, 11) is 0. The molecule has 2 amide bonds. The summed E-state index contributed by atoms with van der Waals surface area (Å²) in [5.74, 6) is 0. The number of amides is 2. The van der Waals surface area contributed by atoms with Gasteiger partial charge in [-0.15, -0.1) is 0 Å². The van der Waals surface area contributed by atoms with Gasteiger partial charge in [0, 0.05) is 25.5 Å². The number of piperidine rings is 1. The largest absolute Gasteiger partial charge is 0.391 e. The number of pyridine rings is 1. The van der Waals surface area contributed by atoms with Gasteiger partial charge in [-0.1, -0.05) is 30.3 Å². The average Bonchev–Trinajstić information content (AvgIpc) is 2.62. The van der Waals surface area contributed by atoms with Crippen molar-refractivity contribution >= 4 is 6.03 Å². The molecule has 0 radical (unpaired) electrons. The first kappa shape index (κ1) is 16.5. The number of nitrogens with zero attached hydrogens (tertiary/aromatic N) is 2. The summed E-state index contributed by atoms with van der Waals surface area (Å²) >= 11 is 0. The summed E-state index contributed by atoms with van der Waals surface area (Å²) in [6, 6.07) is 11.9. The maximum absolute atomic E-state index is 12.3. The zero-order valence-electron chi connectivity index (χ0n) is 13.9. The first-order valence-electron chi connectivity index (χ1n) is 8.37. The highest BCUT2D eigenvalue weighted by Gasteiger charge is 2.23. The molecule has 2 aromatic rings. The van der Waals surface area contributed by atoms with E-state index in [1.165, 1.54) is 0 Å². The van der Waals surface area contributed by atoms with Gasteiger partial charge in [0.2, 0.25) is 0 Å². The second-order valence-corrected chi connectivity index (χ2v) is 6.28. The summed E-state index contributed by atoms with van der Waals surface area (Å²) in [6.45, 7) is 3.09. The molecule has 3 rings (SSSR count). The minimum atomic E-state index is -0.404. The van der Waals surface area contributed by atoms with Crippen LogP contribution in [0, 0.1) is 0 Å². The van der Waals surface area contributed by atoms with Crippen LogP contribution in [-0.4, -0.2) is 40.2 Å². The number of β-amino-alcohol motifs (C(OH)–C–C–N with tert-alkyl or cyclic N) is 1. The normalized spacial score (nSPS) is 18.9. The molecule has 0 spiro atoms. The van der Waals surface area contributed by atoms with Gasteiger partial charge >= 0.3 is 6.03 Å². The van der Waals surface area contributed by atoms with Gasteiger partial charge in [0.25, 0.3) is 0 Å². The second kappa shape index (κ2) is 7.45. The molecule has 1 aromatic heterocycles. The van der Waals surface area contributed by atoms with Crippen LogP contribution in [0.25, 0.3) is 11.1 Å². The van der Waals surface area contributed by atoms with Crippen molar-refractivity contribution in [3.8, 4) is 11.1 Å². The molecule has 1 saturated heterocycles. The second-order valence-electron chi connectivity index (χ2n) is 6.28. The predicted octanol–water partition coefficient (Wildman–Crippen LogP) is 2.98. The van der Waals surface area contributed by atoms with Crippen molar-refractivity contribution in [1.29, 1.82) is 0 Å². The van der Waals surface area contributed by atoms with Gasteiger partial charge in [0.15, 0.2) is 0 Å². The van der Waals surface area contributed by atoms with Crippen LogP contribution in [0.1, 0.15) is 31.4 Å². The lowest BCUT2D eigenvalue weighted by Gasteiger charge is -2.31. The molecular weight excluding hydrogens is 302 g/mol. The molecule has 24 heavy (non-hydrogen) atoms. The first-order chi connectivity index (χ1) is 11.6. The van der Waals surface area contributed by atoms with E-state index in [-0.39, 0.29) is 12.1 Å². The van der Waals surface area contributed by atoms with E-state index in [1.807, 2.05) is 49.5 Å². The standard InChI is InChI=1S/C19H23N3O2/c1-14(21-19(24)22-11-3-5-18(23)13-22)15-6-8-16(9-7-15)17-4-2-10-20-12-17/h2,4,6-10,12,14,18,23H,3,5,11,13H2,1H3,(H,21,24). The van der Waals surface area contributed by atoms with Crippen LogP contribution in [0.5, 0.6) is 0 Å². The minimum absolute atomic E-state index is 0.0838. The fraction of sp³-hybridized carbons (Fsp3) is 0.368. The van der Waals surface area contributed by atoms with Crippen LogP contribution in [0.15, 0.2) is 48.8 Å². The van der Waals surface area contributed by atoms with E-state index in [1.54, 1.807) is 11.1 Å². The monoisotopic (exact) mass is 325 g/mol. The van der Waals surface area contributed by atoms with Gasteiger partial charge in [-0.05, 0) is 42.5 Å². The molecule has 0 bridgehead atoms. The quantitative estimate of drug-likeness (QED) is 0.912. The molecule has 1 aliphatic heterocycles. The Bertz CT molecular complexity index is 673. The van der Waals surface area contributed by atoms with Gasteiger partial charge in [0.1, 0.15) is 0 Å². The van der Waals surface area contributed by atoms with Gasteiger partial charge in [-0.25, -0.2) is 4.79 Å². The maximum Gasteiger partial charge on any atom is 0.317 e. The first-order valence-corrected chi connectivity index (χ1v) is 8.37. The fourth-order valence-corrected chi connectivity index (χ4v) is 3.00. The van der Waals surface area contributed by atoms with Crippen molar-refractivity contribution in [3.63, 3.8) is 0 Å². The van der Waals surface area contributed by atoms with Crippen LogP contribution in [0.2, 0.25) is 0 Å². The Labute approximate surface area is 142 Å². The van der Waals surface area contributed by atoms with Gasteiger partial charge in [0.05, 0.1) is 12.1 Å². The number of benzene rings is 1. The van der Waals surface area contributed by atoms with Crippen LogP contribution >= 0.6 is 0 Å². The van der Waals surface area contributed by atoms with Crippen molar-refractivity contribution in [3.05, 3.63) is 54.4 Å². The van der Waals surface area contributed by atoms with Crippen molar-refractivity contribution < 1.29 is 9.90 Å². The molecule has 126 valence electrons. The zero-order chi connectivity index (χ0) is 16.9. The molecule has 2 N–H and O–H groups in total. The number of carbonyl (C=O) groups excluding carboxylic acids is 1. The van der Waals surface area contributed by atoms with Crippen LogP contribution in [0.4, 0.5) is 4.79 Å². The number of likely N-dealkylation sites (tertiary alicyclic amines) is 1. The van der Waals surface area contributed by atoms with Crippen molar-refractivity contribution in [2.75, 3.05) is 13.1 Å². The third-order valence-corrected chi connectivity index (χ3v) is 4.43. The smallest absolute Gasteiger partial charge is 0.317 e. The molecular formula is C19H23N3O2. The van der Waals surface area contributed by atoms with Gasteiger partial charge < -0.3 is 15.3 Å². The lowest BCUT2D eigenvalue weighted by Crippen LogP contribution is -2.47. The maximum atomic E-state index is 12.3. The van der Waals surface area contributed by atoms with Crippen molar-refractivity contribution in [2.45, 2.75) is 31.9 Å². The predicted molar refractivity (Wildman–Crippen MR) is 93.4 cm³/mol. The lowest BCUT2D eigenvalue weighted by molar-refractivity contribution is 0.0835. The average molecular weight is 325 g/mol. The van der Waals surface area contributed by atoms with E-state index in [0.29, 0.717) is 13.1 Å². The van der Waals surface area contributed by atoms with E-state index in [9.17, 15) is 9.90 Å². The molecule has 0 saturated carbocycles. The van der Waals surface area contributed by atoms with Crippen molar-refractivity contribution in [1.82, 2.24) is 15.2 Å². The van der Waals surface area contributed by atoms with Gasteiger partial charge in [-0.2, -0.15) is 0 Å². The SMILES string of the molecule is CC(NC(=O)N1CCCC(O)C1)c1ccc(-c2cccnc2)cc1. The van der Waals surface area contributed by atoms with E-state index in [2.05, 4.69) is 10.3 Å². The summed E-state index contributed by atoms with van der Waals surface area (Å²) in [4.78, 5) is 18.1. The lowest BCUT2D eigenvalue weighted by atomic mass is 10.0. The number of rotatable bonds is 3. The number of carbonyl (C=O) groups is 1. The summed E-state index contributed by atoms with van der Waals surface area (Å²) in [5.41, 5.74) is 3.22. The van der Waals surface area contributed by atoms with Crippen LogP contribution in [-0.2, 0) is 0 Å². The zero-order valence-corrected chi connectivity index (χ0v) is 13.9. The number of aromatic nitrogens is 1. The number of aliphatic hydroxyl groups is 1. The Morgan fingerprint density at radius 2 is 2.08 bits per heavy atom. The Hall–Kier alpha value is -2.40. The van der Waals surface area contributed by atoms with E-state index in [0.717, 1.165) is 29.5 Å². The molecule has 5 nitrogen and oxygen atoms in total. The van der Waals surface area contributed by atoms with E-state index < -0.39 is 6.10 Å². The molecule has 1 fully saturated rings. The number of urea groups is 1. The van der Waals surface area contributed by atoms with E-state index in [4.69, 9.17) is 0 Å². The summed E-state index contributed by atoms with van der Waals surface area (Å²) in [6.07, 6.45) is 4.81. The molecule has 2 atom stereocenters. The van der Waals surface area contributed by atoms with Crippen molar-refractivity contribution in [2.24, 2.45) is 0 Å². The highest BCUT2D eigenvalue weighted by Crippen LogP contribution is 2.21. The Balaban J connectivity index is 1.62. The number of hydrogen-bond donors (Lipinski definition) is 2. The molecule has 0 aliphatic carbocycles. The molecule has 2 heterocycles. The molecule has 5 heteroatoms. The van der Waals surface area contributed by atoms with Crippen LogP contribution in [0.3, 0.4) is 0 Å². The third-order valence-electron chi connectivity index (χ3n) is 4.43. The minimum Gasteiger partial charge on any atom is -0.391 e. The number of nitrogens with one attached hydrogen (secondary N) is 1. The fourth-order valence-electron chi connectivity index (χ4n) is 3.00. The van der Waals surface area contributed by atoms with Crippen LogP contribution < -0.4 is 5.32 Å². The Morgan fingerprint density at radius 1 is 1.29 bits per heavy atom.